The molecule has 0 bridgehead atoms. The van der Waals surface area contributed by atoms with Crippen LogP contribution in [0.5, 0.6) is 0 Å². The highest BCUT2D eigenvalue weighted by molar-refractivity contribution is 8.00. The SMILES string of the molecule is Cc1csc(SCc2c(C(=O)NC(C)C(N)=O)oc3ccccc23)n1. The quantitative estimate of drug-likeness (QED) is 0.645. The number of rotatable bonds is 6. The number of aromatic nitrogens is 1. The molecule has 8 heteroatoms. The normalized spacial score (nSPS) is 12.2. The first-order valence-electron chi connectivity index (χ1n) is 7.61. The molecule has 2 heterocycles. The number of para-hydroxylation sites is 1. The minimum Gasteiger partial charge on any atom is -0.451 e. The second-order valence-electron chi connectivity index (χ2n) is 5.55. The van der Waals surface area contributed by atoms with E-state index < -0.39 is 17.9 Å². The van der Waals surface area contributed by atoms with Gasteiger partial charge in [0.15, 0.2) is 5.76 Å². The predicted octanol–water partition coefficient (Wildman–Crippen LogP) is 3.09. The lowest BCUT2D eigenvalue weighted by molar-refractivity contribution is -0.119. The van der Waals surface area contributed by atoms with E-state index in [1.54, 1.807) is 23.1 Å². The van der Waals surface area contributed by atoms with Crippen LogP contribution in [0.4, 0.5) is 0 Å². The Morgan fingerprint density at radius 2 is 2.16 bits per heavy atom. The Kier molecular flexibility index (Phi) is 5.10. The number of hydrogen-bond acceptors (Lipinski definition) is 6. The van der Waals surface area contributed by atoms with Gasteiger partial charge in [-0.25, -0.2) is 4.98 Å². The van der Waals surface area contributed by atoms with Gasteiger partial charge in [0.25, 0.3) is 5.91 Å². The number of primary amides is 1. The van der Waals surface area contributed by atoms with Gasteiger partial charge in [-0.15, -0.1) is 11.3 Å². The molecule has 0 aliphatic rings. The molecular weight excluding hydrogens is 358 g/mol. The predicted molar refractivity (Wildman–Crippen MR) is 98.7 cm³/mol. The van der Waals surface area contributed by atoms with Crippen LogP contribution in [0, 0.1) is 6.92 Å². The van der Waals surface area contributed by atoms with Gasteiger partial charge in [-0.1, -0.05) is 30.0 Å². The summed E-state index contributed by atoms with van der Waals surface area (Å²) in [6, 6.07) is 6.69. The number of nitrogens with one attached hydrogen (secondary N) is 1. The van der Waals surface area contributed by atoms with Gasteiger partial charge in [-0.05, 0) is 19.9 Å². The van der Waals surface area contributed by atoms with Crippen molar-refractivity contribution in [2.45, 2.75) is 30.0 Å². The Morgan fingerprint density at radius 1 is 1.40 bits per heavy atom. The summed E-state index contributed by atoms with van der Waals surface area (Å²) in [4.78, 5) is 28.2. The van der Waals surface area contributed by atoms with Crippen molar-refractivity contribution in [1.82, 2.24) is 10.3 Å². The number of thioether (sulfide) groups is 1. The number of nitrogens with zero attached hydrogens (tertiary/aromatic N) is 1. The topological polar surface area (TPSA) is 98.2 Å². The fourth-order valence-corrected chi connectivity index (χ4v) is 4.17. The maximum Gasteiger partial charge on any atom is 0.288 e. The summed E-state index contributed by atoms with van der Waals surface area (Å²) >= 11 is 3.11. The fourth-order valence-electron chi connectivity index (χ4n) is 2.29. The number of nitrogens with two attached hydrogens (primary N) is 1. The lowest BCUT2D eigenvalue weighted by Crippen LogP contribution is -2.42. The van der Waals surface area contributed by atoms with E-state index in [4.69, 9.17) is 10.2 Å². The molecule has 0 radical (unpaired) electrons. The van der Waals surface area contributed by atoms with Gasteiger partial charge in [0, 0.05) is 27.8 Å². The molecule has 3 N–H and O–H groups in total. The van der Waals surface area contributed by atoms with Crippen LogP contribution in [-0.2, 0) is 10.5 Å². The molecule has 0 spiro atoms. The lowest BCUT2D eigenvalue weighted by Gasteiger charge is -2.09. The zero-order valence-electron chi connectivity index (χ0n) is 13.7. The number of benzene rings is 1. The lowest BCUT2D eigenvalue weighted by atomic mass is 10.1. The van der Waals surface area contributed by atoms with E-state index in [2.05, 4.69) is 10.3 Å². The summed E-state index contributed by atoms with van der Waals surface area (Å²) in [5, 5.41) is 5.43. The summed E-state index contributed by atoms with van der Waals surface area (Å²) in [5.74, 6) is -0.306. The smallest absolute Gasteiger partial charge is 0.288 e. The number of carbonyl (C=O) groups excluding carboxylic acids is 2. The first-order chi connectivity index (χ1) is 12.0. The van der Waals surface area contributed by atoms with Crippen molar-refractivity contribution in [3.63, 3.8) is 0 Å². The van der Waals surface area contributed by atoms with Crippen LogP contribution in [0.2, 0.25) is 0 Å². The number of aryl methyl sites for hydroxylation is 1. The minimum atomic E-state index is -0.775. The van der Waals surface area contributed by atoms with Gasteiger partial charge in [-0.2, -0.15) is 0 Å². The Labute approximate surface area is 152 Å². The van der Waals surface area contributed by atoms with E-state index in [9.17, 15) is 9.59 Å². The van der Waals surface area contributed by atoms with E-state index in [0.717, 1.165) is 21.0 Å². The molecule has 0 fully saturated rings. The van der Waals surface area contributed by atoms with E-state index in [0.29, 0.717) is 11.3 Å². The standard InChI is InChI=1S/C17H17N3O3S2/c1-9-7-24-17(19-9)25-8-12-11-5-3-4-6-13(11)23-14(12)16(22)20-10(2)15(18)21/h3-7,10H,8H2,1-2H3,(H2,18,21)(H,20,22). The molecule has 0 saturated carbocycles. The largest absolute Gasteiger partial charge is 0.451 e. The molecule has 0 saturated heterocycles. The van der Waals surface area contributed by atoms with Gasteiger partial charge in [0.05, 0.1) is 0 Å². The molecule has 2 amide bonds. The Morgan fingerprint density at radius 3 is 2.84 bits per heavy atom. The van der Waals surface area contributed by atoms with Crippen molar-refractivity contribution in [3.8, 4) is 0 Å². The zero-order chi connectivity index (χ0) is 18.0. The third kappa shape index (κ3) is 3.85. The average Bonchev–Trinajstić information content (AvgIpc) is 3.16. The van der Waals surface area contributed by atoms with Crippen LogP contribution >= 0.6 is 23.1 Å². The van der Waals surface area contributed by atoms with Gasteiger partial charge >= 0.3 is 0 Å². The minimum absolute atomic E-state index is 0.204. The van der Waals surface area contributed by atoms with Crippen LogP contribution in [0.25, 0.3) is 11.0 Å². The maximum absolute atomic E-state index is 12.5. The molecule has 6 nitrogen and oxygen atoms in total. The summed E-state index contributed by atoms with van der Waals surface area (Å²) in [7, 11) is 0. The molecular formula is C17H17N3O3S2. The van der Waals surface area contributed by atoms with Gasteiger partial charge in [0.1, 0.15) is 16.0 Å². The number of amides is 2. The molecule has 130 valence electrons. The van der Waals surface area contributed by atoms with E-state index in [1.807, 2.05) is 36.6 Å². The Hall–Kier alpha value is -2.32. The van der Waals surface area contributed by atoms with Crippen LogP contribution in [0.1, 0.15) is 28.7 Å². The molecule has 25 heavy (non-hydrogen) atoms. The van der Waals surface area contributed by atoms with Crippen molar-refractivity contribution >= 4 is 45.9 Å². The molecule has 1 unspecified atom stereocenters. The molecule has 3 aromatic rings. The van der Waals surface area contributed by atoms with Crippen molar-refractivity contribution in [1.29, 1.82) is 0 Å². The van der Waals surface area contributed by atoms with Crippen LogP contribution in [0.3, 0.4) is 0 Å². The van der Waals surface area contributed by atoms with Gasteiger partial charge in [-0.3, -0.25) is 9.59 Å². The second kappa shape index (κ2) is 7.28. The summed E-state index contributed by atoms with van der Waals surface area (Å²) < 4.78 is 6.67. The highest BCUT2D eigenvalue weighted by Crippen LogP contribution is 2.33. The van der Waals surface area contributed by atoms with Gasteiger partial charge < -0.3 is 15.5 Å². The highest BCUT2D eigenvalue weighted by atomic mass is 32.2. The van der Waals surface area contributed by atoms with E-state index in [1.165, 1.54) is 6.92 Å². The Balaban J connectivity index is 1.91. The van der Waals surface area contributed by atoms with Crippen LogP contribution in [-0.4, -0.2) is 22.8 Å². The monoisotopic (exact) mass is 375 g/mol. The van der Waals surface area contributed by atoms with Crippen molar-refractivity contribution in [2.75, 3.05) is 0 Å². The number of fused-ring (bicyclic) bond motifs is 1. The highest BCUT2D eigenvalue weighted by Gasteiger charge is 2.23. The van der Waals surface area contributed by atoms with Gasteiger partial charge in [0.2, 0.25) is 5.91 Å². The maximum atomic E-state index is 12.5. The van der Waals surface area contributed by atoms with Crippen LogP contribution < -0.4 is 11.1 Å². The number of carbonyl (C=O) groups is 2. The fraction of sp³-hybridized carbons (Fsp3) is 0.235. The molecule has 0 aliphatic heterocycles. The average molecular weight is 375 g/mol. The number of furan rings is 1. The summed E-state index contributed by atoms with van der Waals surface area (Å²) in [6.45, 7) is 3.48. The summed E-state index contributed by atoms with van der Waals surface area (Å²) in [6.07, 6.45) is 0. The molecule has 3 rings (SSSR count). The Bertz CT molecular complexity index is 932. The van der Waals surface area contributed by atoms with Crippen molar-refractivity contribution in [3.05, 3.63) is 46.7 Å². The van der Waals surface area contributed by atoms with Crippen molar-refractivity contribution < 1.29 is 14.0 Å². The number of hydrogen-bond donors (Lipinski definition) is 2. The third-order valence-corrected chi connectivity index (χ3v) is 5.78. The number of thiazole rings is 1. The zero-order valence-corrected chi connectivity index (χ0v) is 15.4. The molecule has 1 atom stereocenters. The first-order valence-corrected chi connectivity index (χ1v) is 9.47. The summed E-state index contributed by atoms with van der Waals surface area (Å²) in [5.41, 5.74) is 7.60. The molecule has 0 aliphatic carbocycles. The third-order valence-electron chi connectivity index (χ3n) is 3.62. The second-order valence-corrected chi connectivity index (χ2v) is 7.63. The van der Waals surface area contributed by atoms with E-state index >= 15 is 0 Å². The molecule has 2 aromatic heterocycles. The first kappa shape index (κ1) is 17.5. The van der Waals surface area contributed by atoms with E-state index in [-0.39, 0.29) is 5.76 Å². The van der Waals surface area contributed by atoms with Crippen molar-refractivity contribution in [2.24, 2.45) is 5.73 Å². The van der Waals surface area contributed by atoms with Crippen LogP contribution in [0.15, 0.2) is 38.4 Å². The molecule has 1 aromatic carbocycles.